The Morgan fingerprint density at radius 2 is 2.25 bits per heavy atom. The molecular weight excluding hydrogens is 228 g/mol. The van der Waals surface area contributed by atoms with Crippen molar-refractivity contribution in [3.8, 4) is 0 Å². The fraction of sp³-hybridized carbons (Fsp3) is 0.900. The van der Waals surface area contributed by atoms with Gasteiger partial charge in [-0.3, -0.25) is 4.79 Å². The van der Waals surface area contributed by atoms with Gasteiger partial charge in [0.15, 0.2) is 0 Å². The van der Waals surface area contributed by atoms with Crippen molar-refractivity contribution in [3.05, 3.63) is 0 Å². The van der Waals surface area contributed by atoms with Gasteiger partial charge < -0.3 is 20.9 Å². The summed E-state index contributed by atoms with van der Waals surface area (Å²) in [7, 11) is 1.56. The molecule has 0 bridgehead atoms. The zero-order chi connectivity index (χ0) is 12.4. The van der Waals surface area contributed by atoms with Gasteiger partial charge in [-0.2, -0.15) is 11.8 Å². The van der Waals surface area contributed by atoms with Gasteiger partial charge >= 0.3 is 0 Å². The molecule has 0 aliphatic heterocycles. The monoisotopic (exact) mass is 250 g/mol. The van der Waals surface area contributed by atoms with Crippen LogP contribution in [0.5, 0.6) is 0 Å². The number of nitrogens with two attached hydrogens (primary N) is 1. The van der Waals surface area contributed by atoms with Gasteiger partial charge in [-0.15, -0.1) is 0 Å². The van der Waals surface area contributed by atoms with Gasteiger partial charge in [0, 0.05) is 13.7 Å². The summed E-state index contributed by atoms with van der Waals surface area (Å²) in [5.74, 6) is 0.688. The fourth-order valence-corrected chi connectivity index (χ4v) is 1.73. The Kier molecular flexibility index (Phi) is 9.71. The molecule has 0 saturated carbocycles. The molecule has 0 aromatic heterocycles. The minimum atomic E-state index is -0.481. The lowest BCUT2D eigenvalue weighted by atomic mass is 10.2. The number of carbonyl (C=O) groups excluding carboxylic acids is 1. The van der Waals surface area contributed by atoms with Gasteiger partial charge in [0.05, 0.1) is 18.7 Å². The normalized spacial score (nSPS) is 14.5. The molecule has 0 radical (unpaired) electrons. The second-order valence-electron chi connectivity index (χ2n) is 3.56. The van der Waals surface area contributed by atoms with E-state index in [-0.39, 0.29) is 18.6 Å². The average Bonchev–Trinajstić information content (AvgIpc) is 2.26. The van der Waals surface area contributed by atoms with Gasteiger partial charge in [0.2, 0.25) is 5.91 Å². The van der Waals surface area contributed by atoms with Crippen LogP contribution in [-0.4, -0.2) is 55.4 Å². The maximum atomic E-state index is 11.6. The van der Waals surface area contributed by atoms with Gasteiger partial charge in [-0.25, -0.2) is 0 Å². The molecule has 16 heavy (non-hydrogen) atoms. The largest absolute Gasteiger partial charge is 0.396 e. The van der Waals surface area contributed by atoms with Crippen LogP contribution < -0.4 is 11.1 Å². The Morgan fingerprint density at radius 3 is 2.75 bits per heavy atom. The third-order valence-corrected chi connectivity index (χ3v) is 2.81. The molecular formula is C10H22N2O3S. The summed E-state index contributed by atoms with van der Waals surface area (Å²) in [5, 5.41) is 11.6. The number of hydrogen-bond acceptors (Lipinski definition) is 5. The number of aliphatic hydroxyl groups excluding tert-OH is 1. The van der Waals surface area contributed by atoms with Crippen LogP contribution in [-0.2, 0) is 9.53 Å². The average molecular weight is 250 g/mol. The number of amides is 1. The Bertz CT molecular complexity index is 187. The van der Waals surface area contributed by atoms with Crippen LogP contribution in [0.1, 0.15) is 12.8 Å². The van der Waals surface area contributed by atoms with Crippen LogP contribution >= 0.6 is 11.8 Å². The smallest absolute Gasteiger partial charge is 0.237 e. The van der Waals surface area contributed by atoms with Gasteiger partial charge in [0.25, 0.3) is 0 Å². The van der Waals surface area contributed by atoms with E-state index in [1.165, 1.54) is 0 Å². The molecule has 0 fully saturated rings. The number of ether oxygens (including phenoxy) is 1. The molecule has 6 heteroatoms. The highest BCUT2D eigenvalue weighted by Gasteiger charge is 2.17. The molecule has 96 valence electrons. The Hall–Kier alpha value is -0.300. The van der Waals surface area contributed by atoms with E-state index < -0.39 is 6.04 Å². The van der Waals surface area contributed by atoms with Crippen molar-refractivity contribution in [1.29, 1.82) is 0 Å². The molecule has 0 spiro atoms. The molecule has 0 aromatic carbocycles. The van der Waals surface area contributed by atoms with Crippen LogP contribution in [0.4, 0.5) is 0 Å². The molecule has 0 aromatic rings. The van der Waals surface area contributed by atoms with E-state index in [0.717, 1.165) is 5.75 Å². The van der Waals surface area contributed by atoms with E-state index in [1.54, 1.807) is 18.9 Å². The Morgan fingerprint density at radius 1 is 1.56 bits per heavy atom. The van der Waals surface area contributed by atoms with Crippen LogP contribution in [0.25, 0.3) is 0 Å². The Labute approximate surface area is 101 Å². The van der Waals surface area contributed by atoms with Gasteiger partial charge in [0.1, 0.15) is 0 Å². The molecule has 1 amide bonds. The third kappa shape index (κ3) is 7.05. The molecule has 5 nitrogen and oxygen atoms in total. The zero-order valence-electron chi connectivity index (χ0n) is 9.94. The summed E-state index contributed by atoms with van der Waals surface area (Å²) >= 11 is 1.66. The predicted molar refractivity (Wildman–Crippen MR) is 66.5 cm³/mol. The van der Waals surface area contributed by atoms with Crippen molar-refractivity contribution in [1.82, 2.24) is 5.32 Å². The summed E-state index contributed by atoms with van der Waals surface area (Å²) in [6, 6.07) is -0.645. The van der Waals surface area contributed by atoms with E-state index in [4.69, 9.17) is 15.6 Å². The molecule has 0 saturated heterocycles. The minimum Gasteiger partial charge on any atom is -0.396 e. The van der Waals surface area contributed by atoms with Crippen molar-refractivity contribution in [2.24, 2.45) is 5.73 Å². The number of thioether (sulfide) groups is 1. The van der Waals surface area contributed by atoms with Crippen molar-refractivity contribution < 1.29 is 14.6 Å². The summed E-state index contributed by atoms with van der Waals surface area (Å²) in [6.07, 6.45) is 3.12. The van der Waals surface area contributed by atoms with Crippen LogP contribution in [0, 0.1) is 0 Å². The van der Waals surface area contributed by atoms with Crippen LogP contribution in [0.3, 0.4) is 0 Å². The number of methoxy groups -OCH3 is 1. The molecule has 0 rings (SSSR count). The first-order valence-corrected chi connectivity index (χ1v) is 6.69. The quantitative estimate of drug-likeness (QED) is 0.517. The lowest BCUT2D eigenvalue weighted by Gasteiger charge is -2.19. The first-order valence-electron chi connectivity index (χ1n) is 5.30. The second kappa shape index (κ2) is 9.89. The number of carbonyl (C=O) groups is 1. The van der Waals surface area contributed by atoms with Crippen molar-refractivity contribution >= 4 is 17.7 Å². The maximum absolute atomic E-state index is 11.6. The van der Waals surface area contributed by atoms with E-state index in [9.17, 15) is 4.79 Å². The highest BCUT2D eigenvalue weighted by molar-refractivity contribution is 7.98. The highest BCUT2D eigenvalue weighted by atomic mass is 32.2. The molecule has 0 aliphatic rings. The van der Waals surface area contributed by atoms with Crippen molar-refractivity contribution in [2.45, 2.75) is 24.9 Å². The SMILES string of the molecule is COCC(CCO)NC(=O)[C@@H](N)CCSC. The van der Waals surface area contributed by atoms with E-state index in [1.807, 2.05) is 6.26 Å². The highest BCUT2D eigenvalue weighted by Crippen LogP contribution is 2.00. The Balaban J connectivity index is 3.96. The predicted octanol–water partition coefficient (Wildman–Crippen LogP) is -0.420. The summed E-state index contributed by atoms with van der Waals surface area (Å²) < 4.78 is 4.95. The van der Waals surface area contributed by atoms with Crippen LogP contribution in [0.2, 0.25) is 0 Å². The third-order valence-electron chi connectivity index (χ3n) is 2.16. The standard InChI is InChI=1S/C10H22N2O3S/c1-15-7-8(3-5-13)12-10(14)9(11)4-6-16-2/h8-9,13H,3-7,11H2,1-2H3,(H,12,14)/t8?,9-/m0/s1. The van der Waals surface area contributed by atoms with Crippen molar-refractivity contribution in [3.63, 3.8) is 0 Å². The van der Waals surface area contributed by atoms with E-state index in [0.29, 0.717) is 19.4 Å². The van der Waals surface area contributed by atoms with Crippen molar-refractivity contribution in [2.75, 3.05) is 32.3 Å². The topological polar surface area (TPSA) is 84.6 Å². The molecule has 0 aliphatic carbocycles. The number of aliphatic hydroxyl groups is 1. The lowest BCUT2D eigenvalue weighted by Crippen LogP contribution is -2.47. The molecule has 2 atom stereocenters. The molecule has 0 heterocycles. The first kappa shape index (κ1) is 15.7. The number of hydrogen-bond donors (Lipinski definition) is 3. The summed E-state index contributed by atoms with van der Waals surface area (Å²) in [6.45, 7) is 0.413. The summed E-state index contributed by atoms with van der Waals surface area (Å²) in [5.41, 5.74) is 5.72. The zero-order valence-corrected chi connectivity index (χ0v) is 10.8. The minimum absolute atomic E-state index is 0.0222. The van der Waals surface area contributed by atoms with Gasteiger partial charge in [-0.05, 0) is 24.9 Å². The summed E-state index contributed by atoms with van der Waals surface area (Å²) in [4.78, 5) is 11.6. The second-order valence-corrected chi connectivity index (χ2v) is 4.55. The number of rotatable bonds is 9. The lowest BCUT2D eigenvalue weighted by molar-refractivity contribution is -0.123. The first-order chi connectivity index (χ1) is 7.65. The molecule has 4 N–H and O–H groups in total. The van der Waals surface area contributed by atoms with E-state index in [2.05, 4.69) is 5.32 Å². The van der Waals surface area contributed by atoms with Gasteiger partial charge in [-0.1, -0.05) is 0 Å². The number of nitrogens with one attached hydrogen (secondary N) is 1. The van der Waals surface area contributed by atoms with Crippen LogP contribution in [0.15, 0.2) is 0 Å². The maximum Gasteiger partial charge on any atom is 0.237 e. The van der Waals surface area contributed by atoms with E-state index >= 15 is 0 Å². The fourth-order valence-electron chi connectivity index (χ4n) is 1.24. The molecule has 1 unspecified atom stereocenters.